The molecule has 0 unspecified atom stereocenters. The summed E-state index contributed by atoms with van der Waals surface area (Å²) in [6.07, 6.45) is 0. The van der Waals surface area contributed by atoms with Gasteiger partial charge in [-0.3, -0.25) is 19.4 Å². The fraction of sp³-hybridized carbons (Fsp3) is 0.100. The molecule has 0 saturated carbocycles. The number of fused-ring (bicyclic) bond motifs is 2. The van der Waals surface area contributed by atoms with E-state index in [1.807, 2.05) is 0 Å². The number of hydrogen-bond donors (Lipinski definition) is 0. The summed E-state index contributed by atoms with van der Waals surface area (Å²) in [6, 6.07) is 10.3. The Balaban J connectivity index is 1.34. The minimum absolute atomic E-state index is 0.125. The van der Waals surface area contributed by atoms with Crippen molar-refractivity contribution in [2.45, 2.75) is 0 Å². The molecule has 160 valence electrons. The van der Waals surface area contributed by atoms with E-state index in [9.17, 15) is 9.59 Å². The highest BCUT2D eigenvalue weighted by molar-refractivity contribution is 8.30. The molecule has 0 aromatic heterocycles. The summed E-state index contributed by atoms with van der Waals surface area (Å²) in [5.41, 5.74) is 1.08. The van der Waals surface area contributed by atoms with Gasteiger partial charge in [0.1, 0.15) is 0 Å². The maximum absolute atomic E-state index is 13.3. The largest absolute Gasteiger partial charge is 0.454 e. The first-order chi connectivity index (χ1) is 15.5. The number of carbonyl (C=O) groups excluding carboxylic acids is 2. The standard InChI is InChI=1S/C20H10N2O6S4/c23-17-15(31-19(29)21(17)9-1-3-11-13(5-9)27-7-25-11)16-18(24)22(20(30)32-16)10-2-4-12-14(6-10)28-8-26-12/h1-6H,7-8H2/b16-15+. The van der Waals surface area contributed by atoms with Crippen molar-refractivity contribution >= 4 is 79.8 Å². The Bertz CT molecular complexity index is 1200. The molecular weight excluding hydrogens is 492 g/mol. The van der Waals surface area contributed by atoms with Gasteiger partial charge in [-0.15, -0.1) is 0 Å². The van der Waals surface area contributed by atoms with Crippen molar-refractivity contribution in [2.75, 3.05) is 23.4 Å². The number of thioether (sulfide) groups is 2. The fourth-order valence-corrected chi connectivity index (χ4v) is 6.26. The normalized spacial score (nSPS) is 21.4. The molecule has 2 aromatic rings. The average Bonchev–Trinajstić information content (AvgIpc) is 3.54. The van der Waals surface area contributed by atoms with Gasteiger partial charge in [-0.1, -0.05) is 48.0 Å². The Morgan fingerprint density at radius 2 is 1.06 bits per heavy atom. The van der Waals surface area contributed by atoms with Crippen LogP contribution >= 0.6 is 48.0 Å². The van der Waals surface area contributed by atoms with Gasteiger partial charge in [0.25, 0.3) is 11.8 Å². The second kappa shape index (κ2) is 7.37. The van der Waals surface area contributed by atoms with Crippen molar-refractivity contribution in [2.24, 2.45) is 0 Å². The van der Waals surface area contributed by atoms with Crippen LogP contribution in [0.25, 0.3) is 0 Å². The number of amides is 2. The predicted molar refractivity (Wildman–Crippen MR) is 128 cm³/mol. The minimum Gasteiger partial charge on any atom is -0.454 e. The summed E-state index contributed by atoms with van der Waals surface area (Å²) in [5, 5.41) is 0. The molecule has 4 aliphatic heterocycles. The number of thiocarbonyl (C=S) groups is 2. The molecule has 32 heavy (non-hydrogen) atoms. The van der Waals surface area contributed by atoms with Crippen molar-refractivity contribution in [3.63, 3.8) is 0 Å². The maximum Gasteiger partial charge on any atom is 0.272 e. The van der Waals surface area contributed by atoms with Crippen LogP contribution in [0.5, 0.6) is 23.0 Å². The third kappa shape index (κ3) is 2.98. The van der Waals surface area contributed by atoms with E-state index in [1.165, 1.54) is 9.80 Å². The number of benzene rings is 2. The van der Waals surface area contributed by atoms with Crippen LogP contribution in [0.2, 0.25) is 0 Å². The number of anilines is 2. The second-order valence-corrected chi connectivity index (χ2v) is 10.0. The molecule has 2 aromatic carbocycles. The Morgan fingerprint density at radius 1 is 0.656 bits per heavy atom. The number of nitrogens with zero attached hydrogens (tertiary/aromatic N) is 2. The number of carbonyl (C=O) groups is 2. The summed E-state index contributed by atoms with van der Waals surface area (Å²) in [5.74, 6) is 1.50. The van der Waals surface area contributed by atoms with Crippen LogP contribution in [0.4, 0.5) is 11.4 Å². The Labute approximate surface area is 200 Å². The van der Waals surface area contributed by atoms with E-state index >= 15 is 0 Å². The van der Waals surface area contributed by atoms with Gasteiger partial charge < -0.3 is 18.9 Å². The van der Waals surface area contributed by atoms with Gasteiger partial charge in [-0.05, 0) is 24.3 Å². The van der Waals surface area contributed by atoms with Gasteiger partial charge in [0.15, 0.2) is 31.6 Å². The van der Waals surface area contributed by atoms with Crippen molar-refractivity contribution in [3.05, 3.63) is 46.2 Å². The highest BCUT2D eigenvalue weighted by Gasteiger charge is 2.43. The van der Waals surface area contributed by atoms with Gasteiger partial charge in [0.05, 0.1) is 21.2 Å². The molecule has 0 spiro atoms. The van der Waals surface area contributed by atoms with Gasteiger partial charge in [0.2, 0.25) is 13.6 Å². The Kier molecular flexibility index (Phi) is 4.57. The van der Waals surface area contributed by atoms with E-state index in [2.05, 4.69) is 0 Å². The number of hydrogen-bond acceptors (Lipinski definition) is 10. The Morgan fingerprint density at radius 3 is 1.50 bits per heavy atom. The smallest absolute Gasteiger partial charge is 0.272 e. The minimum atomic E-state index is -0.384. The van der Waals surface area contributed by atoms with Crippen molar-refractivity contribution < 1.29 is 28.5 Å². The number of ether oxygens (including phenoxy) is 4. The van der Waals surface area contributed by atoms with Crippen LogP contribution in [-0.4, -0.2) is 34.0 Å². The summed E-state index contributed by atoms with van der Waals surface area (Å²) >= 11 is 13.0. The van der Waals surface area contributed by atoms with E-state index in [1.54, 1.807) is 36.4 Å². The van der Waals surface area contributed by atoms with Gasteiger partial charge in [-0.2, -0.15) is 0 Å². The van der Waals surface area contributed by atoms with Crippen LogP contribution < -0.4 is 28.7 Å². The summed E-state index contributed by atoms with van der Waals surface area (Å²) in [7, 11) is 0. The van der Waals surface area contributed by atoms with E-state index < -0.39 is 0 Å². The van der Waals surface area contributed by atoms with E-state index in [0.717, 1.165) is 23.5 Å². The van der Waals surface area contributed by atoms with Crippen LogP contribution in [0, 0.1) is 0 Å². The zero-order chi connectivity index (χ0) is 22.0. The lowest BCUT2D eigenvalue weighted by molar-refractivity contribution is -0.115. The molecule has 0 bridgehead atoms. The van der Waals surface area contributed by atoms with Gasteiger partial charge in [0, 0.05) is 12.1 Å². The molecule has 2 saturated heterocycles. The first kappa shape index (κ1) is 19.9. The average molecular weight is 503 g/mol. The monoisotopic (exact) mass is 502 g/mol. The molecule has 12 heteroatoms. The molecule has 2 fully saturated rings. The first-order valence-electron chi connectivity index (χ1n) is 9.17. The topological polar surface area (TPSA) is 77.5 Å². The summed E-state index contributed by atoms with van der Waals surface area (Å²) < 4.78 is 22.1. The predicted octanol–water partition coefficient (Wildman–Crippen LogP) is 3.79. The molecule has 0 N–H and O–H groups in total. The summed E-state index contributed by atoms with van der Waals surface area (Å²) in [4.78, 5) is 29.8. The molecule has 8 nitrogen and oxygen atoms in total. The van der Waals surface area contributed by atoms with Crippen LogP contribution in [0.1, 0.15) is 0 Å². The Hall–Kier alpha value is -2.80. The summed E-state index contributed by atoms with van der Waals surface area (Å²) in [6.45, 7) is 0.249. The number of rotatable bonds is 2. The molecule has 4 aliphatic rings. The van der Waals surface area contributed by atoms with Crippen molar-refractivity contribution in [1.82, 2.24) is 0 Å². The van der Waals surface area contributed by atoms with Crippen molar-refractivity contribution in [3.8, 4) is 23.0 Å². The van der Waals surface area contributed by atoms with Gasteiger partial charge in [-0.25, -0.2) is 0 Å². The molecular formula is C20H10N2O6S4. The molecule has 4 heterocycles. The lowest BCUT2D eigenvalue weighted by Gasteiger charge is -2.15. The second-order valence-electron chi connectivity index (χ2n) is 6.75. The third-order valence-electron chi connectivity index (χ3n) is 4.97. The van der Waals surface area contributed by atoms with Crippen molar-refractivity contribution in [1.29, 1.82) is 0 Å². The van der Waals surface area contributed by atoms with Crippen LogP contribution in [0.15, 0.2) is 46.2 Å². The molecule has 0 radical (unpaired) electrons. The quantitative estimate of drug-likeness (QED) is 0.447. The van der Waals surface area contributed by atoms with Crippen LogP contribution in [0.3, 0.4) is 0 Å². The van der Waals surface area contributed by atoms with Gasteiger partial charge >= 0.3 is 0 Å². The lowest BCUT2D eigenvalue weighted by Crippen LogP contribution is -2.29. The first-order valence-corrected chi connectivity index (χ1v) is 11.6. The maximum atomic E-state index is 13.3. The third-order valence-corrected chi connectivity index (χ3v) is 7.85. The van der Waals surface area contributed by atoms with Crippen LogP contribution in [-0.2, 0) is 9.59 Å². The molecule has 0 aliphatic carbocycles. The van der Waals surface area contributed by atoms with E-state index in [0.29, 0.717) is 43.0 Å². The van der Waals surface area contributed by atoms with E-state index in [4.69, 9.17) is 43.4 Å². The molecule has 0 atom stereocenters. The fourth-order valence-electron chi connectivity index (χ4n) is 3.50. The zero-order valence-corrected chi connectivity index (χ0v) is 19.1. The van der Waals surface area contributed by atoms with E-state index in [-0.39, 0.29) is 35.2 Å². The lowest BCUT2D eigenvalue weighted by atomic mass is 10.2. The molecule has 2 amide bonds. The zero-order valence-electron chi connectivity index (χ0n) is 15.9. The highest BCUT2D eigenvalue weighted by Crippen LogP contribution is 2.47. The molecule has 6 rings (SSSR count). The SMILES string of the molecule is O=C1/C(=C2\SC(=S)N(c3ccc4c(c3)OCO4)C2=O)SC(=S)N1c1ccc2c(c1)OCO2. The highest BCUT2D eigenvalue weighted by atomic mass is 32.2.